The van der Waals surface area contributed by atoms with Crippen molar-refractivity contribution in [3.63, 3.8) is 0 Å². The molecule has 0 spiro atoms. The predicted molar refractivity (Wildman–Crippen MR) is 58.0 cm³/mol. The Morgan fingerprint density at radius 3 is 2.62 bits per heavy atom. The third-order valence-corrected chi connectivity index (χ3v) is 2.72. The van der Waals surface area contributed by atoms with Gasteiger partial charge in [-0.05, 0) is 26.2 Å². The van der Waals surface area contributed by atoms with E-state index in [9.17, 15) is 9.59 Å². The minimum absolute atomic E-state index is 0.0882. The third kappa shape index (κ3) is 3.48. The van der Waals surface area contributed by atoms with Gasteiger partial charge in [-0.15, -0.1) is 0 Å². The summed E-state index contributed by atoms with van der Waals surface area (Å²) in [5.41, 5.74) is 0. The smallest absolute Gasteiger partial charge is 0.326 e. The van der Waals surface area contributed by atoms with Gasteiger partial charge < -0.3 is 15.2 Å². The summed E-state index contributed by atoms with van der Waals surface area (Å²) in [7, 11) is 0. The number of rotatable bonds is 5. The molecular weight excluding hydrogens is 210 g/mol. The zero-order valence-electron chi connectivity index (χ0n) is 9.73. The van der Waals surface area contributed by atoms with Crippen LogP contribution in [0.2, 0.25) is 0 Å². The molecule has 3 atom stereocenters. The Morgan fingerprint density at radius 2 is 2.19 bits per heavy atom. The molecule has 0 radical (unpaired) electrons. The molecule has 0 aliphatic carbocycles. The molecule has 1 fully saturated rings. The highest BCUT2D eigenvalue weighted by atomic mass is 16.5. The Morgan fingerprint density at radius 1 is 1.50 bits per heavy atom. The first kappa shape index (κ1) is 13.0. The molecule has 0 aromatic carbocycles. The lowest BCUT2D eigenvalue weighted by Gasteiger charge is -2.16. The number of nitrogens with one attached hydrogen (secondary N) is 1. The van der Waals surface area contributed by atoms with E-state index in [1.54, 1.807) is 0 Å². The van der Waals surface area contributed by atoms with Crippen LogP contribution in [0.25, 0.3) is 0 Å². The van der Waals surface area contributed by atoms with Crippen molar-refractivity contribution >= 4 is 11.9 Å². The summed E-state index contributed by atoms with van der Waals surface area (Å²) in [4.78, 5) is 22.5. The molecule has 1 saturated heterocycles. The van der Waals surface area contributed by atoms with Crippen LogP contribution in [0, 0.1) is 0 Å². The molecule has 1 heterocycles. The highest BCUT2D eigenvalue weighted by Gasteiger charge is 2.30. The number of hydrogen-bond donors (Lipinski definition) is 2. The Kier molecular flexibility index (Phi) is 4.73. The molecule has 92 valence electrons. The van der Waals surface area contributed by atoms with Crippen molar-refractivity contribution < 1.29 is 19.4 Å². The van der Waals surface area contributed by atoms with Crippen molar-refractivity contribution in [2.24, 2.45) is 0 Å². The van der Waals surface area contributed by atoms with Crippen molar-refractivity contribution in [2.45, 2.75) is 57.8 Å². The maximum absolute atomic E-state index is 11.7. The van der Waals surface area contributed by atoms with Crippen LogP contribution in [0.15, 0.2) is 0 Å². The van der Waals surface area contributed by atoms with Crippen LogP contribution in [-0.2, 0) is 14.3 Å². The van der Waals surface area contributed by atoms with Crippen LogP contribution in [0.1, 0.15) is 39.5 Å². The molecule has 1 aliphatic rings. The van der Waals surface area contributed by atoms with Crippen LogP contribution in [-0.4, -0.2) is 35.2 Å². The normalized spacial score (nSPS) is 26.4. The van der Waals surface area contributed by atoms with Crippen molar-refractivity contribution in [1.29, 1.82) is 0 Å². The van der Waals surface area contributed by atoms with Crippen LogP contribution < -0.4 is 5.32 Å². The van der Waals surface area contributed by atoms with Gasteiger partial charge in [-0.2, -0.15) is 0 Å². The number of carbonyl (C=O) groups is 2. The average Bonchev–Trinajstić information content (AvgIpc) is 2.64. The molecule has 0 bridgehead atoms. The maximum Gasteiger partial charge on any atom is 0.326 e. The number of aliphatic carboxylic acids is 1. The molecule has 1 rings (SSSR count). The molecule has 16 heavy (non-hydrogen) atoms. The lowest BCUT2D eigenvalue weighted by Crippen LogP contribution is -2.45. The zero-order chi connectivity index (χ0) is 12.1. The molecule has 2 N–H and O–H groups in total. The molecular formula is C11H19NO4. The standard InChI is InChI=1S/C11H19NO4/c1-3-4-8(11(14)15)12-10(13)9-6-5-7(2)16-9/h7-9H,3-6H2,1-2H3,(H,12,13)(H,14,15). The molecule has 0 aromatic rings. The van der Waals surface area contributed by atoms with Gasteiger partial charge in [0.1, 0.15) is 12.1 Å². The first-order valence-corrected chi connectivity index (χ1v) is 5.73. The van der Waals surface area contributed by atoms with Crippen molar-refractivity contribution in [2.75, 3.05) is 0 Å². The molecule has 1 aliphatic heterocycles. The van der Waals surface area contributed by atoms with E-state index < -0.39 is 18.1 Å². The predicted octanol–water partition coefficient (Wildman–Crippen LogP) is 0.923. The minimum Gasteiger partial charge on any atom is -0.480 e. The second kappa shape index (κ2) is 5.84. The summed E-state index contributed by atoms with van der Waals surface area (Å²) in [6.45, 7) is 3.80. The molecule has 5 heteroatoms. The van der Waals surface area contributed by atoms with Gasteiger partial charge in [-0.1, -0.05) is 13.3 Å². The van der Waals surface area contributed by atoms with Gasteiger partial charge in [-0.3, -0.25) is 4.79 Å². The second-order valence-electron chi connectivity index (χ2n) is 4.20. The van der Waals surface area contributed by atoms with E-state index in [0.717, 1.165) is 12.8 Å². The second-order valence-corrected chi connectivity index (χ2v) is 4.20. The molecule has 0 aromatic heterocycles. The van der Waals surface area contributed by atoms with Crippen LogP contribution in [0.3, 0.4) is 0 Å². The number of amides is 1. The maximum atomic E-state index is 11.7. The van der Waals surface area contributed by atoms with Gasteiger partial charge in [0.2, 0.25) is 5.91 Å². The topological polar surface area (TPSA) is 75.6 Å². The average molecular weight is 229 g/mol. The largest absolute Gasteiger partial charge is 0.480 e. The lowest BCUT2D eigenvalue weighted by atomic mass is 10.1. The van der Waals surface area contributed by atoms with Gasteiger partial charge in [0, 0.05) is 0 Å². The first-order chi connectivity index (χ1) is 7.54. The molecule has 1 amide bonds. The summed E-state index contributed by atoms with van der Waals surface area (Å²) in [5, 5.41) is 11.4. The van der Waals surface area contributed by atoms with E-state index in [4.69, 9.17) is 9.84 Å². The molecule has 5 nitrogen and oxygen atoms in total. The SMILES string of the molecule is CCCC(NC(=O)C1CCC(C)O1)C(=O)O. The summed E-state index contributed by atoms with van der Waals surface area (Å²) in [5.74, 6) is -1.29. The van der Waals surface area contributed by atoms with Gasteiger partial charge in [-0.25, -0.2) is 4.79 Å². The van der Waals surface area contributed by atoms with E-state index in [1.807, 2.05) is 13.8 Å². The van der Waals surface area contributed by atoms with E-state index >= 15 is 0 Å². The fourth-order valence-corrected chi connectivity index (χ4v) is 1.81. The van der Waals surface area contributed by atoms with Gasteiger partial charge >= 0.3 is 5.97 Å². The monoisotopic (exact) mass is 229 g/mol. The van der Waals surface area contributed by atoms with Crippen LogP contribution >= 0.6 is 0 Å². The number of hydrogen-bond acceptors (Lipinski definition) is 3. The first-order valence-electron chi connectivity index (χ1n) is 5.73. The minimum atomic E-state index is -0.985. The molecule has 3 unspecified atom stereocenters. The van der Waals surface area contributed by atoms with Crippen LogP contribution in [0.4, 0.5) is 0 Å². The Labute approximate surface area is 95.2 Å². The number of ether oxygens (including phenoxy) is 1. The van der Waals surface area contributed by atoms with Gasteiger partial charge in [0.05, 0.1) is 6.10 Å². The quantitative estimate of drug-likeness (QED) is 0.735. The Balaban J connectivity index is 2.45. The van der Waals surface area contributed by atoms with E-state index in [2.05, 4.69) is 5.32 Å². The number of carboxylic acid groups (broad SMARTS) is 1. The fraction of sp³-hybridized carbons (Fsp3) is 0.818. The van der Waals surface area contributed by atoms with Crippen molar-refractivity contribution in [3.8, 4) is 0 Å². The number of carbonyl (C=O) groups excluding carboxylic acids is 1. The lowest BCUT2D eigenvalue weighted by molar-refractivity contribution is -0.144. The van der Waals surface area contributed by atoms with E-state index in [1.165, 1.54) is 0 Å². The highest BCUT2D eigenvalue weighted by molar-refractivity contribution is 5.86. The summed E-state index contributed by atoms with van der Waals surface area (Å²) < 4.78 is 5.38. The van der Waals surface area contributed by atoms with E-state index in [0.29, 0.717) is 12.8 Å². The summed E-state index contributed by atoms with van der Waals surface area (Å²) in [6.07, 6.45) is 2.30. The fourth-order valence-electron chi connectivity index (χ4n) is 1.81. The Bertz CT molecular complexity index is 267. The number of carboxylic acids is 1. The zero-order valence-corrected chi connectivity index (χ0v) is 9.73. The summed E-state index contributed by atoms with van der Waals surface area (Å²) >= 11 is 0. The summed E-state index contributed by atoms with van der Waals surface area (Å²) in [6, 6.07) is -0.794. The molecule has 0 saturated carbocycles. The van der Waals surface area contributed by atoms with Gasteiger partial charge in [0.15, 0.2) is 0 Å². The van der Waals surface area contributed by atoms with E-state index in [-0.39, 0.29) is 12.0 Å². The third-order valence-electron chi connectivity index (χ3n) is 2.72. The van der Waals surface area contributed by atoms with Gasteiger partial charge in [0.25, 0.3) is 0 Å². The van der Waals surface area contributed by atoms with Crippen LogP contribution in [0.5, 0.6) is 0 Å². The van der Waals surface area contributed by atoms with Crippen molar-refractivity contribution in [3.05, 3.63) is 0 Å². The Hall–Kier alpha value is -1.10. The highest BCUT2D eigenvalue weighted by Crippen LogP contribution is 2.19. The van der Waals surface area contributed by atoms with Crippen molar-refractivity contribution in [1.82, 2.24) is 5.32 Å².